The first-order valence-electron chi connectivity index (χ1n) is 11.4. The van der Waals surface area contributed by atoms with E-state index in [2.05, 4.69) is 20.6 Å². The zero-order valence-corrected chi connectivity index (χ0v) is 17.3. The molecule has 0 spiro atoms. The van der Waals surface area contributed by atoms with Crippen molar-refractivity contribution >= 4 is 5.95 Å². The molecular weight excluding hydrogens is 393 g/mol. The monoisotopic (exact) mass is 424 g/mol. The number of rotatable bonds is 5. The van der Waals surface area contributed by atoms with E-state index in [1.165, 1.54) is 31.9 Å². The van der Waals surface area contributed by atoms with Crippen molar-refractivity contribution in [2.75, 3.05) is 18.5 Å². The van der Waals surface area contributed by atoms with Gasteiger partial charge in [0.2, 0.25) is 5.95 Å². The second kappa shape index (κ2) is 7.93. The summed E-state index contributed by atoms with van der Waals surface area (Å²) in [5, 5.41) is 6.63. The average molecular weight is 425 g/mol. The van der Waals surface area contributed by atoms with Crippen molar-refractivity contribution in [1.82, 2.24) is 15.3 Å². The highest BCUT2D eigenvalue weighted by molar-refractivity contribution is 5.35. The van der Waals surface area contributed by atoms with Gasteiger partial charge in [-0.05, 0) is 75.5 Å². The molecule has 5 nitrogen and oxygen atoms in total. The number of fused-ring (bicyclic) bond motifs is 1. The van der Waals surface area contributed by atoms with Crippen molar-refractivity contribution in [2.45, 2.75) is 82.1 Å². The predicted octanol–water partition coefficient (Wildman–Crippen LogP) is 4.53. The highest BCUT2D eigenvalue weighted by Gasteiger charge is 2.48. The van der Waals surface area contributed by atoms with E-state index >= 15 is 0 Å². The van der Waals surface area contributed by atoms with E-state index in [1.807, 2.05) is 0 Å². The van der Waals surface area contributed by atoms with Crippen molar-refractivity contribution in [3.8, 4) is 0 Å². The van der Waals surface area contributed by atoms with E-state index < -0.39 is 11.9 Å². The second-order valence-corrected chi connectivity index (χ2v) is 9.99. The SMILES string of the molecule is FC(F)(F)c1nc(NC23CCC4CC(CC(C4)C2)C3)ncc1CNC1CCOCC1. The van der Waals surface area contributed by atoms with Crippen molar-refractivity contribution in [1.29, 1.82) is 0 Å². The average Bonchev–Trinajstić information content (AvgIpc) is 2.90. The first kappa shape index (κ1) is 20.5. The summed E-state index contributed by atoms with van der Waals surface area (Å²) in [6, 6.07) is 0.174. The molecule has 6 rings (SSSR count). The van der Waals surface area contributed by atoms with Crippen LogP contribution in [0.25, 0.3) is 0 Å². The molecular formula is C22H31F3N4O. The van der Waals surface area contributed by atoms with E-state index in [0.717, 1.165) is 38.0 Å². The molecule has 2 N–H and O–H groups in total. The highest BCUT2D eigenvalue weighted by Crippen LogP contribution is 2.53. The summed E-state index contributed by atoms with van der Waals surface area (Å²) in [6.07, 6.45) is 6.60. The van der Waals surface area contributed by atoms with Crippen LogP contribution in [0.2, 0.25) is 0 Å². The molecule has 2 heterocycles. The molecule has 4 aliphatic carbocycles. The Bertz CT molecular complexity index is 751. The van der Waals surface area contributed by atoms with E-state index in [0.29, 0.717) is 25.0 Å². The quantitative estimate of drug-likeness (QED) is 0.727. The fourth-order valence-electron chi connectivity index (χ4n) is 6.54. The molecule has 1 saturated heterocycles. The van der Waals surface area contributed by atoms with Crippen molar-refractivity contribution in [2.24, 2.45) is 17.8 Å². The van der Waals surface area contributed by atoms with Gasteiger partial charge in [0.25, 0.3) is 0 Å². The summed E-state index contributed by atoms with van der Waals surface area (Å²) >= 11 is 0. The summed E-state index contributed by atoms with van der Waals surface area (Å²) in [7, 11) is 0. The number of nitrogens with zero attached hydrogens (tertiary/aromatic N) is 2. The lowest BCUT2D eigenvalue weighted by molar-refractivity contribution is -0.141. The summed E-state index contributed by atoms with van der Waals surface area (Å²) in [5.41, 5.74) is -0.841. The fourth-order valence-corrected chi connectivity index (χ4v) is 6.54. The molecule has 0 radical (unpaired) electrons. The van der Waals surface area contributed by atoms with Gasteiger partial charge in [0.1, 0.15) is 0 Å². The fraction of sp³-hybridized carbons (Fsp3) is 0.818. The third-order valence-corrected chi connectivity index (χ3v) is 7.70. The van der Waals surface area contributed by atoms with Gasteiger partial charge in [-0.3, -0.25) is 0 Å². The number of halogens is 3. The highest BCUT2D eigenvalue weighted by atomic mass is 19.4. The van der Waals surface area contributed by atoms with Gasteiger partial charge in [-0.25, -0.2) is 9.97 Å². The zero-order chi connectivity index (χ0) is 20.8. The maximum atomic E-state index is 13.8. The minimum absolute atomic E-state index is 0.113. The van der Waals surface area contributed by atoms with Gasteiger partial charge in [-0.15, -0.1) is 0 Å². The van der Waals surface area contributed by atoms with Gasteiger partial charge in [-0.2, -0.15) is 13.2 Å². The van der Waals surface area contributed by atoms with Crippen LogP contribution >= 0.6 is 0 Å². The summed E-state index contributed by atoms with van der Waals surface area (Å²) < 4.78 is 46.7. The lowest BCUT2D eigenvalue weighted by atomic mass is 9.65. The summed E-state index contributed by atoms with van der Waals surface area (Å²) in [5.74, 6) is 2.33. The van der Waals surface area contributed by atoms with Crippen LogP contribution < -0.4 is 10.6 Å². The number of hydrogen-bond acceptors (Lipinski definition) is 5. The molecule has 4 bridgehead atoms. The molecule has 1 aromatic rings. The van der Waals surface area contributed by atoms with Crippen molar-refractivity contribution in [3.05, 3.63) is 17.5 Å². The predicted molar refractivity (Wildman–Crippen MR) is 107 cm³/mol. The molecule has 30 heavy (non-hydrogen) atoms. The zero-order valence-electron chi connectivity index (χ0n) is 17.3. The van der Waals surface area contributed by atoms with Crippen LogP contribution in [0, 0.1) is 17.8 Å². The van der Waals surface area contributed by atoms with Gasteiger partial charge < -0.3 is 15.4 Å². The summed E-state index contributed by atoms with van der Waals surface area (Å²) in [4.78, 5) is 8.34. The molecule has 0 aromatic carbocycles. The molecule has 166 valence electrons. The molecule has 2 unspecified atom stereocenters. The standard InChI is InChI=1S/C22H31F3N4O/c23-22(24,25)19-17(12-26-18-2-5-30-6-3-18)13-27-20(28-19)29-21-4-1-14-7-15(10-21)9-16(8-14)11-21/h13-16,18,26H,1-12H2,(H,27,28,29). The number of ether oxygens (including phenoxy) is 1. The maximum Gasteiger partial charge on any atom is 0.433 e. The molecule has 1 aliphatic heterocycles. The van der Waals surface area contributed by atoms with Crippen LogP contribution in [0.4, 0.5) is 19.1 Å². The first-order valence-corrected chi connectivity index (χ1v) is 11.4. The van der Waals surface area contributed by atoms with Crippen molar-refractivity contribution < 1.29 is 17.9 Å². The van der Waals surface area contributed by atoms with Gasteiger partial charge in [0.05, 0.1) is 0 Å². The third kappa shape index (κ3) is 4.31. The number of nitrogens with one attached hydrogen (secondary N) is 2. The van der Waals surface area contributed by atoms with Gasteiger partial charge in [0, 0.05) is 43.1 Å². The van der Waals surface area contributed by atoms with Crippen LogP contribution in [0.1, 0.15) is 69.0 Å². The Morgan fingerprint density at radius 3 is 2.43 bits per heavy atom. The number of alkyl halides is 3. The number of aromatic nitrogens is 2. The van der Waals surface area contributed by atoms with Crippen LogP contribution in [-0.2, 0) is 17.5 Å². The maximum absolute atomic E-state index is 13.8. The lowest BCUT2D eigenvalue weighted by Crippen LogP contribution is -2.45. The minimum atomic E-state index is -4.50. The van der Waals surface area contributed by atoms with Crippen LogP contribution in [0.5, 0.6) is 0 Å². The number of hydrogen-bond donors (Lipinski definition) is 2. The molecule has 4 saturated carbocycles. The topological polar surface area (TPSA) is 59.1 Å². The molecule has 5 fully saturated rings. The first-order chi connectivity index (χ1) is 14.4. The Labute approximate surface area is 175 Å². The van der Waals surface area contributed by atoms with E-state index in [-0.39, 0.29) is 29.6 Å². The Morgan fingerprint density at radius 2 is 1.73 bits per heavy atom. The lowest BCUT2D eigenvalue weighted by Gasteiger charge is -2.45. The normalized spacial score (nSPS) is 34.2. The molecule has 2 atom stereocenters. The largest absolute Gasteiger partial charge is 0.433 e. The Morgan fingerprint density at radius 1 is 1.03 bits per heavy atom. The molecule has 8 heteroatoms. The molecule has 5 aliphatic rings. The Kier molecular flexibility index (Phi) is 5.42. The second-order valence-electron chi connectivity index (χ2n) is 9.99. The minimum Gasteiger partial charge on any atom is -0.381 e. The third-order valence-electron chi connectivity index (χ3n) is 7.70. The van der Waals surface area contributed by atoms with E-state index in [4.69, 9.17) is 4.74 Å². The molecule has 1 aromatic heterocycles. The van der Waals surface area contributed by atoms with Crippen LogP contribution in [-0.4, -0.2) is 34.8 Å². The smallest absolute Gasteiger partial charge is 0.381 e. The van der Waals surface area contributed by atoms with E-state index in [9.17, 15) is 13.2 Å². The van der Waals surface area contributed by atoms with Gasteiger partial charge in [-0.1, -0.05) is 0 Å². The van der Waals surface area contributed by atoms with Gasteiger partial charge >= 0.3 is 6.18 Å². The molecule has 0 amide bonds. The Balaban J connectivity index is 1.34. The van der Waals surface area contributed by atoms with E-state index in [1.54, 1.807) is 0 Å². The van der Waals surface area contributed by atoms with Crippen molar-refractivity contribution in [3.63, 3.8) is 0 Å². The van der Waals surface area contributed by atoms with Crippen LogP contribution in [0.3, 0.4) is 0 Å². The van der Waals surface area contributed by atoms with Crippen LogP contribution in [0.15, 0.2) is 6.20 Å². The van der Waals surface area contributed by atoms with Gasteiger partial charge in [0.15, 0.2) is 5.69 Å². The number of anilines is 1. The summed E-state index contributed by atoms with van der Waals surface area (Å²) in [6.45, 7) is 1.42. The Hall–Kier alpha value is -1.41.